The molecule has 0 saturated carbocycles. The third-order valence-electron chi connectivity index (χ3n) is 10.1. The number of carbonyl (C=O) groups excluding carboxylic acids is 2. The number of thioether (sulfide) groups is 1. The van der Waals surface area contributed by atoms with E-state index >= 15 is 0 Å². The molecule has 3 heterocycles. The van der Waals surface area contributed by atoms with Crippen molar-refractivity contribution >= 4 is 63.3 Å². The Labute approximate surface area is 331 Å². The molecule has 0 spiro atoms. The van der Waals surface area contributed by atoms with Crippen molar-refractivity contribution < 1.29 is 29.1 Å². The molecule has 2 aliphatic rings. The monoisotopic (exact) mass is 795 g/mol. The summed E-state index contributed by atoms with van der Waals surface area (Å²) < 4.78 is 5.28. The van der Waals surface area contributed by atoms with Gasteiger partial charge in [0, 0.05) is 23.1 Å². The first kappa shape index (κ1) is 37.9. The van der Waals surface area contributed by atoms with E-state index in [2.05, 4.69) is 52.2 Å². The van der Waals surface area contributed by atoms with Crippen LogP contribution >= 0.6 is 34.7 Å². The van der Waals surface area contributed by atoms with Crippen LogP contribution in [0, 0.1) is 5.41 Å². The van der Waals surface area contributed by atoms with Crippen LogP contribution in [-0.4, -0.2) is 81.8 Å². The largest absolute Gasteiger partial charge is 0.497 e. The van der Waals surface area contributed by atoms with Crippen LogP contribution in [0.3, 0.4) is 0 Å². The van der Waals surface area contributed by atoms with E-state index in [1.54, 1.807) is 12.5 Å². The van der Waals surface area contributed by atoms with Gasteiger partial charge in [0.1, 0.15) is 40.9 Å². The molecular weight excluding hydrogens is 758 g/mol. The minimum absolute atomic E-state index is 0.0817. The van der Waals surface area contributed by atoms with Gasteiger partial charge in [-0.15, -0.1) is 34.7 Å². The molecule has 2 amide bonds. The van der Waals surface area contributed by atoms with Gasteiger partial charge in [-0.3, -0.25) is 14.4 Å². The number of oxime groups is 1. The van der Waals surface area contributed by atoms with Gasteiger partial charge in [-0.05, 0) is 40.8 Å². The van der Waals surface area contributed by atoms with Gasteiger partial charge < -0.3 is 30.2 Å². The van der Waals surface area contributed by atoms with E-state index in [-0.39, 0.29) is 23.8 Å². The number of ether oxygens (including phenoxy) is 1. The number of methoxy groups -OCH3 is 1. The maximum Gasteiger partial charge on any atom is 0.313 e. The van der Waals surface area contributed by atoms with Crippen LogP contribution in [0.5, 0.6) is 5.75 Å². The molecule has 2 fully saturated rings. The van der Waals surface area contributed by atoms with E-state index in [1.165, 1.54) is 35.1 Å². The van der Waals surface area contributed by atoms with Crippen LogP contribution in [0.25, 0.3) is 0 Å². The number of thiazole rings is 1. The summed E-state index contributed by atoms with van der Waals surface area (Å²) in [7, 11) is 2.91. The van der Waals surface area contributed by atoms with E-state index in [9.17, 15) is 19.5 Å². The number of amides is 2. The first-order valence-electron chi connectivity index (χ1n) is 17.4. The van der Waals surface area contributed by atoms with E-state index in [1.807, 2.05) is 78.9 Å². The van der Waals surface area contributed by atoms with Gasteiger partial charge in [-0.25, -0.2) is 4.98 Å². The number of carboxylic acids is 1. The van der Waals surface area contributed by atoms with Crippen LogP contribution in [0.2, 0.25) is 0 Å². The molecule has 4 atom stereocenters. The SMILES string of the molecule is CON=C(C(=O)NC1C(=O)N2CC(CCl)(C(=O)O)C(Cc3ccc(OC)cc3)S[C@H]12)c1csc(NC(c2ccccc2)(c2ccccc2)c2ccccc2)n1. The van der Waals surface area contributed by atoms with E-state index in [0.717, 1.165) is 22.3 Å². The van der Waals surface area contributed by atoms with Gasteiger partial charge in [-0.1, -0.05) is 108 Å². The number of β-lactam (4-membered cyclic amide) rings is 1. The van der Waals surface area contributed by atoms with E-state index in [4.69, 9.17) is 26.2 Å². The fourth-order valence-electron chi connectivity index (χ4n) is 7.18. The van der Waals surface area contributed by atoms with Crippen LogP contribution in [0.4, 0.5) is 5.13 Å². The lowest BCUT2D eigenvalue weighted by molar-refractivity contribution is -0.158. The Morgan fingerprint density at radius 2 is 1.53 bits per heavy atom. The Kier molecular flexibility index (Phi) is 11.1. The zero-order chi connectivity index (χ0) is 38.6. The lowest BCUT2D eigenvalue weighted by atomic mass is 9.77. The number of nitrogens with one attached hydrogen (secondary N) is 2. The lowest BCUT2D eigenvalue weighted by Crippen LogP contribution is -2.75. The highest BCUT2D eigenvalue weighted by Crippen LogP contribution is 2.49. The Balaban J connectivity index is 1.14. The van der Waals surface area contributed by atoms with Crippen molar-refractivity contribution in [2.45, 2.75) is 28.6 Å². The minimum Gasteiger partial charge on any atom is -0.497 e. The number of aromatic nitrogens is 1. The molecule has 4 aromatic carbocycles. The second-order valence-corrected chi connectivity index (χ2v) is 15.7. The van der Waals surface area contributed by atoms with Gasteiger partial charge >= 0.3 is 5.97 Å². The number of fused-ring (bicyclic) bond motifs is 1. The first-order valence-corrected chi connectivity index (χ1v) is 19.8. The van der Waals surface area contributed by atoms with Crippen molar-refractivity contribution in [2.24, 2.45) is 10.6 Å². The third kappa shape index (κ3) is 7.15. The Bertz CT molecular complexity index is 2080. The molecule has 2 aliphatic heterocycles. The Morgan fingerprint density at radius 1 is 0.945 bits per heavy atom. The van der Waals surface area contributed by atoms with Crippen LogP contribution in [0.15, 0.2) is 126 Å². The van der Waals surface area contributed by atoms with Gasteiger partial charge in [0.05, 0.1) is 7.11 Å². The molecule has 1 aromatic heterocycles. The van der Waals surface area contributed by atoms with Crippen LogP contribution in [-0.2, 0) is 31.2 Å². The molecular formula is C41H38ClN5O6S2. The number of halogens is 1. The second kappa shape index (κ2) is 16.2. The summed E-state index contributed by atoms with van der Waals surface area (Å²) in [5.74, 6) is -1.64. The highest BCUT2D eigenvalue weighted by Gasteiger charge is 2.61. The van der Waals surface area contributed by atoms with Crippen LogP contribution in [0.1, 0.15) is 27.9 Å². The fourth-order valence-corrected chi connectivity index (χ4v) is 10.2. The quantitative estimate of drug-likeness (QED) is 0.0392. The Hall–Kier alpha value is -5.37. The van der Waals surface area contributed by atoms with Crippen molar-refractivity contribution in [2.75, 3.05) is 32.0 Å². The number of rotatable bonds is 14. The van der Waals surface area contributed by atoms with Crippen molar-refractivity contribution in [1.29, 1.82) is 0 Å². The molecule has 3 unspecified atom stereocenters. The number of nitrogens with zero attached hydrogens (tertiary/aromatic N) is 3. The predicted molar refractivity (Wildman–Crippen MR) is 215 cm³/mol. The smallest absolute Gasteiger partial charge is 0.313 e. The first-order chi connectivity index (χ1) is 26.7. The molecule has 55 heavy (non-hydrogen) atoms. The highest BCUT2D eigenvalue weighted by atomic mass is 35.5. The lowest BCUT2D eigenvalue weighted by Gasteiger charge is -2.56. The molecule has 7 rings (SSSR count). The second-order valence-electron chi connectivity index (χ2n) is 13.2. The number of benzene rings is 4. The number of anilines is 1. The average molecular weight is 796 g/mol. The summed E-state index contributed by atoms with van der Waals surface area (Å²) in [5, 5.41) is 22.2. The Morgan fingerprint density at radius 3 is 2.04 bits per heavy atom. The molecule has 5 aromatic rings. The maximum atomic E-state index is 14.0. The molecule has 3 N–H and O–H groups in total. The minimum atomic E-state index is -1.39. The van der Waals surface area contributed by atoms with Gasteiger partial charge in [0.25, 0.3) is 5.91 Å². The van der Waals surface area contributed by atoms with Crippen molar-refractivity contribution in [1.82, 2.24) is 15.2 Å². The summed E-state index contributed by atoms with van der Waals surface area (Å²) in [6.45, 7) is -0.0817. The molecule has 0 aliphatic carbocycles. The zero-order valence-corrected chi connectivity index (χ0v) is 32.3. The average Bonchev–Trinajstić information content (AvgIpc) is 3.69. The van der Waals surface area contributed by atoms with E-state index in [0.29, 0.717) is 17.3 Å². The van der Waals surface area contributed by atoms with Crippen molar-refractivity contribution in [3.05, 3.63) is 149 Å². The molecule has 0 radical (unpaired) electrons. The zero-order valence-electron chi connectivity index (χ0n) is 29.9. The third-order valence-corrected chi connectivity index (χ3v) is 13.1. The normalized spacial score (nSPS) is 20.9. The van der Waals surface area contributed by atoms with Gasteiger partial charge in [0.15, 0.2) is 10.8 Å². The maximum absolute atomic E-state index is 14.0. The molecule has 2 saturated heterocycles. The molecule has 14 heteroatoms. The fraction of sp³-hybridized carbons (Fsp3) is 0.244. The number of hydrogen-bond acceptors (Lipinski definition) is 10. The summed E-state index contributed by atoms with van der Waals surface area (Å²) >= 11 is 9.00. The molecule has 282 valence electrons. The topological polar surface area (TPSA) is 142 Å². The standard InChI is InChI=1S/C41H38ClN5O6S2/c1-52-30-20-18-26(19-21-30)22-32-40(24-42,38(50)51)25-47-36(49)34(37(47)55-32)44-35(48)33(46-53-2)31-23-54-39(43-31)45-41(27-12-6-3-7-13-27,28-14-8-4-9-15-28)29-16-10-5-11-17-29/h3-21,23,32,34,37H,22,24-25H2,1-2H3,(H,43,45)(H,44,48)(H,50,51)/t32?,34?,37-,40?/m1/s1. The van der Waals surface area contributed by atoms with Crippen molar-refractivity contribution in [3.8, 4) is 5.75 Å². The summed E-state index contributed by atoms with van der Waals surface area (Å²) in [6.07, 6.45) is 0.383. The van der Waals surface area contributed by atoms with E-state index < -0.39 is 45.4 Å². The number of aliphatic carboxylic acids is 1. The summed E-state index contributed by atoms with van der Waals surface area (Å²) in [4.78, 5) is 51.6. The van der Waals surface area contributed by atoms with Gasteiger partial charge in [-0.2, -0.15) is 0 Å². The summed E-state index contributed by atoms with van der Waals surface area (Å²) in [6, 6.07) is 36.7. The number of hydrogen-bond donors (Lipinski definition) is 3. The number of carbonyl (C=O) groups is 3. The van der Waals surface area contributed by atoms with Crippen LogP contribution < -0.4 is 15.4 Å². The molecule has 11 nitrogen and oxygen atoms in total. The number of carboxylic acid groups (broad SMARTS) is 1. The predicted octanol–water partition coefficient (Wildman–Crippen LogP) is 6.23. The molecule has 0 bridgehead atoms. The summed E-state index contributed by atoms with van der Waals surface area (Å²) in [5.41, 5.74) is 1.74. The van der Waals surface area contributed by atoms with Crippen molar-refractivity contribution in [3.63, 3.8) is 0 Å². The highest BCUT2D eigenvalue weighted by molar-refractivity contribution is 8.00. The van der Waals surface area contributed by atoms with Gasteiger partial charge in [0.2, 0.25) is 5.91 Å². The number of alkyl halides is 1.